The Bertz CT molecular complexity index is 412. The number of nitrogens with zero attached hydrogens (tertiary/aromatic N) is 1. The molecule has 0 heterocycles. The smallest absolute Gasteiger partial charge is 0.0655 e. The Hall–Kier alpha value is -0.510. The summed E-state index contributed by atoms with van der Waals surface area (Å²) in [5.74, 6) is 5.52. The van der Waals surface area contributed by atoms with Gasteiger partial charge in [-0.1, -0.05) is 51.9 Å². The summed E-state index contributed by atoms with van der Waals surface area (Å²) in [7, 11) is 0. The van der Waals surface area contributed by atoms with Crippen LogP contribution in [0.15, 0.2) is 0 Å². The van der Waals surface area contributed by atoms with E-state index in [9.17, 15) is 0 Å². The molecule has 0 aromatic rings. The quantitative estimate of drug-likeness (QED) is 0.425. The second kappa shape index (κ2) is 10.7. The SMILES string of the molecule is CCCCCC[C@H]1CC[C@H](C2CCC([C@H]3CC[C@@H](C#N)CC3)CC2)CC1. The molecule has 3 aliphatic rings. The summed E-state index contributed by atoms with van der Waals surface area (Å²) in [6.45, 7) is 2.32. The topological polar surface area (TPSA) is 23.8 Å². The molecule has 0 N–H and O–H groups in total. The van der Waals surface area contributed by atoms with E-state index in [4.69, 9.17) is 5.26 Å². The molecule has 0 aromatic carbocycles. The standard InChI is InChI=1S/C25H43N/c1-2-3-4-5-6-20-7-11-22(12-8-20)24-15-17-25(18-16-24)23-13-9-21(19-26)10-14-23/h20-25H,2-18H2,1H3/t20-,21-,22-,23+,24?,25?. The average Bonchev–Trinajstić information content (AvgIpc) is 2.72. The van der Waals surface area contributed by atoms with Crippen molar-refractivity contribution in [2.75, 3.05) is 0 Å². The van der Waals surface area contributed by atoms with Gasteiger partial charge in [0.05, 0.1) is 6.07 Å². The summed E-state index contributed by atoms with van der Waals surface area (Å²) in [6, 6.07) is 2.50. The summed E-state index contributed by atoms with van der Waals surface area (Å²) >= 11 is 0. The minimum Gasteiger partial charge on any atom is -0.198 e. The summed E-state index contributed by atoms with van der Waals surface area (Å²) in [6.07, 6.45) is 24.6. The van der Waals surface area contributed by atoms with E-state index in [2.05, 4.69) is 13.0 Å². The van der Waals surface area contributed by atoms with Gasteiger partial charge in [0.15, 0.2) is 0 Å². The zero-order chi connectivity index (χ0) is 18.2. The van der Waals surface area contributed by atoms with Gasteiger partial charge in [0, 0.05) is 5.92 Å². The second-order valence-corrected chi connectivity index (χ2v) is 10.0. The molecule has 0 saturated heterocycles. The molecule has 0 amide bonds. The van der Waals surface area contributed by atoms with Gasteiger partial charge in [-0.3, -0.25) is 0 Å². The van der Waals surface area contributed by atoms with Gasteiger partial charge in [-0.15, -0.1) is 0 Å². The molecule has 3 fully saturated rings. The lowest BCUT2D eigenvalue weighted by molar-refractivity contribution is 0.107. The van der Waals surface area contributed by atoms with Crippen LogP contribution in [-0.2, 0) is 0 Å². The van der Waals surface area contributed by atoms with Gasteiger partial charge in [0.1, 0.15) is 0 Å². The van der Waals surface area contributed by atoms with Crippen molar-refractivity contribution in [2.24, 2.45) is 35.5 Å². The molecule has 3 rings (SSSR count). The molecule has 0 aliphatic heterocycles. The Morgan fingerprint density at radius 2 is 1.08 bits per heavy atom. The van der Waals surface area contributed by atoms with Crippen LogP contribution in [0.25, 0.3) is 0 Å². The Morgan fingerprint density at radius 1 is 0.615 bits per heavy atom. The molecule has 1 nitrogen and oxygen atoms in total. The fourth-order valence-corrected chi connectivity index (χ4v) is 6.62. The maximum atomic E-state index is 9.11. The van der Waals surface area contributed by atoms with Gasteiger partial charge in [-0.2, -0.15) is 5.26 Å². The molecule has 0 bridgehead atoms. The molecule has 3 aliphatic carbocycles. The first kappa shape index (κ1) is 20.2. The van der Waals surface area contributed by atoms with Crippen molar-refractivity contribution in [3.05, 3.63) is 0 Å². The van der Waals surface area contributed by atoms with Crippen molar-refractivity contribution < 1.29 is 0 Å². The molecule has 1 heteroatoms. The van der Waals surface area contributed by atoms with Gasteiger partial charge in [0.2, 0.25) is 0 Å². The van der Waals surface area contributed by atoms with Crippen LogP contribution in [0.2, 0.25) is 0 Å². The van der Waals surface area contributed by atoms with Crippen LogP contribution >= 0.6 is 0 Å². The molecule has 148 valence electrons. The minimum absolute atomic E-state index is 0.375. The summed E-state index contributed by atoms with van der Waals surface area (Å²) in [5.41, 5.74) is 0. The number of unbranched alkanes of at least 4 members (excludes halogenated alkanes) is 3. The minimum atomic E-state index is 0.375. The first-order valence-electron chi connectivity index (χ1n) is 12.2. The number of nitriles is 1. The molecular formula is C25H43N. The Kier molecular flexibility index (Phi) is 8.35. The lowest BCUT2D eigenvalue weighted by atomic mass is 9.65. The third-order valence-corrected chi connectivity index (χ3v) is 8.46. The van der Waals surface area contributed by atoms with Crippen LogP contribution in [0.1, 0.15) is 116 Å². The van der Waals surface area contributed by atoms with Crippen LogP contribution in [0.3, 0.4) is 0 Å². The van der Waals surface area contributed by atoms with Crippen molar-refractivity contribution in [2.45, 2.75) is 116 Å². The highest BCUT2D eigenvalue weighted by atomic mass is 14.4. The Labute approximate surface area is 163 Å². The predicted molar refractivity (Wildman–Crippen MR) is 111 cm³/mol. The summed E-state index contributed by atoms with van der Waals surface area (Å²) in [4.78, 5) is 0. The van der Waals surface area contributed by atoms with E-state index in [0.717, 1.165) is 29.6 Å². The van der Waals surface area contributed by atoms with Gasteiger partial charge >= 0.3 is 0 Å². The van der Waals surface area contributed by atoms with E-state index >= 15 is 0 Å². The fourth-order valence-electron chi connectivity index (χ4n) is 6.62. The first-order valence-corrected chi connectivity index (χ1v) is 12.2. The van der Waals surface area contributed by atoms with E-state index in [1.54, 1.807) is 12.8 Å². The summed E-state index contributed by atoms with van der Waals surface area (Å²) in [5, 5.41) is 9.11. The van der Waals surface area contributed by atoms with Crippen LogP contribution in [0.4, 0.5) is 0 Å². The lowest BCUT2D eigenvalue weighted by Gasteiger charge is -2.41. The Morgan fingerprint density at radius 3 is 1.54 bits per heavy atom. The van der Waals surface area contributed by atoms with E-state index in [0.29, 0.717) is 5.92 Å². The Balaban J connectivity index is 1.31. The first-order chi connectivity index (χ1) is 12.8. The molecule has 3 saturated carbocycles. The maximum Gasteiger partial charge on any atom is 0.0655 e. The molecular weight excluding hydrogens is 314 g/mol. The summed E-state index contributed by atoms with van der Waals surface area (Å²) < 4.78 is 0. The van der Waals surface area contributed by atoms with Crippen molar-refractivity contribution in [3.63, 3.8) is 0 Å². The van der Waals surface area contributed by atoms with E-state index in [-0.39, 0.29) is 0 Å². The highest BCUT2D eigenvalue weighted by Crippen LogP contribution is 2.46. The van der Waals surface area contributed by atoms with Crippen LogP contribution in [0, 0.1) is 46.8 Å². The third kappa shape index (κ3) is 5.74. The second-order valence-electron chi connectivity index (χ2n) is 10.0. The number of hydrogen-bond donors (Lipinski definition) is 0. The highest BCUT2D eigenvalue weighted by molar-refractivity contribution is 4.90. The number of hydrogen-bond acceptors (Lipinski definition) is 1. The van der Waals surface area contributed by atoms with Gasteiger partial charge in [0.25, 0.3) is 0 Å². The van der Waals surface area contributed by atoms with E-state index in [1.165, 1.54) is 96.3 Å². The van der Waals surface area contributed by atoms with Crippen molar-refractivity contribution in [1.29, 1.82) is 5.26 Å². The monoisotopic (exact) mass is 357 g/mol. The zero-order valence-electron chi connectivity index (χ0n) is 17.4. The lowest BCUT2D eigenvalue weighted by Crippen LogP contribution is -2.29. The highest BCUT2D eigenvalue weighted by Gasteiger charge is 2.34. The largest absolute Gasteiger partial charge is 0.198 e. The van der Waals surface area contributed by atoms with E-state index in [1.807, 2.05) is 0 Å². The van der Waals surface area contributed by atoms with Crippen molar-refractivity contribution in [3.8, 4) is 6.07 Å². The number of rotatable bonds is 7. The average molecular weight is 358 g/mol. The van der Waals surface area contributed by atoms with Crippen LogP contribution in [-0.4, -0.2) is 0 Å². The zero-order valence-corrected chi connectivity index (χ0v) is 17.4. The van der Waals surface area contributed by atoms with Crippen LogP contribution < -0.4 is 0 Å². The fraction of sp³-hybridized carbons (Fsp3) is 0.960. The third-order valence-electron chi connectivity index (χ3n) is 8.46. The predicted octanol–water partition coefficient (Wildman–Crippen LogP) is 7.90. The molecule has 0 aromatic heterocycles. The normalized spacial score (nSPS) is 38.6. The van der Waals surface area contributed by atoms with Gasteiger partial charge in [-0.05, 0) is 93.8 Å². The van der Waals surface area contributed by atoms with E-state index < -0.39 is 0 Å². The molecule has 0 radical (unpaired) electrons. The van der Waals surface area contributed by atoms with Gasteiger partial charge < -0.3 is 0 Å². The molecule has 0 spiro atoms. The van der Waals surface area contributed by atoms with Crippen LogP contribution in [0.5, 0.6) is 0 Å². The molecule has 26 heavy (non-hydrogen) atoms. The van der Waals surface area contributed by atoms with Crippen molar-refractivity contribution in [1.82, 2.24) is 0 Å². The molecule has 0 unspecified atom stereocenters. The maximum absolute atomic E-state index is 9.11. The molecule has 0 atom stereocenters. The van der Waals surface area contributed by atoms with Crippen molar-refractivity contribution >= 4 is 0 Å². The van der Waals surface area contributed by atoms with Gasteiger partial charge in [-0.25, -0.2) is 0 Å².